The summed E-state index contributed by atoms with van der Waals surface area (Å²) in [5.41, 5.74) is 3.45. The summed E-state index contributed by atoms with van der Waals surface area (Å²) in [7, 11) is 4.09. The Morgan fingerprint density at radius 2 is 2.05 bits per heavy atom. The van der Waals surface area contributed by atoms with Gasteiger partial charge in [-0.1, -0.05) is 12.1 Å². The number of fused-ring (bicyclic) bond motifs is 1. The molecule has 2 aromatic rings. The van der Waals surface area contributed by atoms with Crippen LogP contribution in [0, 0.1) is 0 Å². The molecule has 3 rings (SSSR count). The van der Waals surface area contributed by atoms with E-state index in [2.05, 4.69) is 22.3 Å². The van der Waals surface area contributed by atoms with Gasteiger partial charge < -0.3 is 10.2 Å². The lowest BCUT2D eigenvalue weighted by Crippen LogP contribution is -2.12. The number of hydrogen-bond acceptors (Lipinski definition) is 3. The standard InChI is InChI=1S/C18H22N2OS/c1-20(2)12-13-6-5-8-15(10-13)19-18(21)17-11-14-7-3-4-9-16(14)22-17/h5-6,8,10-11H,3-4,7,9,12H2,1-2H3,(H,19,21). The molecule has 1 aromatic carbocycles. The van der Waals surface area contributed by atoms with E-state index >= 15 is 0 Å². The fourth-order valence-corrected chi connectivity index (χ4v) is 4.06. The predicted octanol–water partition coefficient (Wildman–Crippen LogP) is 3.94. The summed E-state index contributed by atoms with van der Waals surface area (Å²) in [5.74, 6) is 0.0152. The summed E-state index contributed by atoms with van der Waals surface area (Å²) < 4.78 is 0. The molecule has 0 fully saturated rings. The van der Waals surface area contributed by atoms with E-state index in [1.807, 2.05) is 32.3 Å². The van der Waals surface area contributed by atoms with Crippen LogP contribution in [0.3, 0.4) is 0 Å². The number of nitrogens with one attached hydrogen (secondary N) is 1. The number of hydrogen-bond donors (Lipinski definition) is 1. The van der Waals surface area contributed by atoms with Gasteiger partial charge in [-0.3, -0.25) is 4.79 Å². The third-order valence-corrected chi connectivity index (χ3v) is 5.14. The second kappa shape index (κ2) is 6.63. The molecule has 1 heterocycles. The number of rotatable bonds is 4. The van der Waals surface area contributed by atoms with E-state index < -0.39 is 0 Å². The van der Waals surface area contributed by atoms with Crippen molar-refractivity contribution in [1.29, 1.82) is 0 Å². The van der Waals surface area contributed by atoms with Gasteiger partial charge in [-0.2, -0.15) is 0 Å². The molecular formula is C18H22N2OS. The molecule has 0 unspecified atom stereocenters. The van der Waals surface area contributed by atoms with Crippen molar-refractivity contribution < 1.29 is 4.79 Å². The van der Waals surface area contributed by atoms with Crippen LogP contribution in [0.4, 0.5) is 5.69 Å². The zero-order chi connectivity index (χ0) is 15.5. The Morgan fingerprint density at radius 3 is 2.82 bits per heavy atom. The van der Waals surface area contributed by atoms with E-state index in [0.29, 0.717) is 0 Å². The van der Waals surface area contributed by atoms with Gasteiger partial charge in [0.25, 0.3) is 5.91 Å². The lowest BCUT2D eigenvalue weighted by atomic mass is 9.99. The fourth-order valence-electron chi connectivity index (χ4n) is 2.91. The molecule has 1 aliphatic carbocycles. The Balaban J connectivity index is 1.72. The number of amides is 1. The topological polar surface area (TPSA) is 32.3 Å². The highest BCUT2D eigenvalue weighted by Gasteiger charge is 2.17. The Kier molecular flexibility index (Phi) is 4.60. The van der Waals surface area contributed by atoms with E-state index in [9.17, 15) is 4.79 Å². The summed E-state index contributed by atoms with van der Waals surface area (Å²) in [6.45, 7) is 0.872. The fraction of sp³-hybridized carbons (Fsp3) is 0.389. The molecule has 0 bridgehead atoms. The summed E-state index contributed by atoms with van der Waals surface area (Å²) >= 11 is 1.66. The Labute approximate surface area is 136 Å². The molecular weight excluding hydrogens is 292 g/mol. The van der Waals surface area contributed by atoms with Gasteiger partial charge in [-0.15, -0.1) is 11.3 Å². The highest BCUT2D eigenvalue weighted by molar-refractivity contribution is 7.14. The highest BCUT2D eigenvalue weighted by atomic mass is 32.1. The van der Waals surface area contributed by atoms with Crippen LogP contribution in [0.2, 0.25) is 0 Å². The van der Waals surface area contributed by atoms with Crippen molar-refractivity contribution in [3.63, 3.8) is 0 Å². The van der Waals surface area contributed by atoms with Crippen molar-refractivity contribution in [2.24, 2.45) is 0 Å². The lowest BCUT2D eigenvalue weighted by molar-refractivity contribution is 0.103. The minimum atomic E-state index is 0.0152. The molecule has 0 aliphatic heterocycles. The number of nitrogens with zero attached hydrogens (tertiary/aromatic N) is 1. The van der Waals surface area contributed by atoms with Crippen LogP contribution >= 0.6 is 11.3 Å². The SMILES string of the molecule is CN(C)Cc1cccc(NC(=O)c2cc3c(s2)CCCC3)c1. The van der Waals surface area contributed by atoms with E-state index in [1.54, 1.807) is 11.3 Å². The van der Waals surface area contributed by atoms with Crippen LogP contribution in [0.25, 0.3) is 0 Å². The monoisotopic (exact) mass is 314 g/mol. The molecule has 1 aromatic heterocycles. The van der Waals surface area contributed by atoms with Crippen molar-refractivity contribution in [3.05, 3.63) is 51.2 Å². The first kappa shape index (κ1) is 15.3. The number of anilines is 1. The first-order valence-corrected chi connectivity index (χ1v) is 8.60. The number of carbonyl (C=O) groups is 1. The molecule has 0 atom stereocenters. The molecule has 1 amide bonds. The van der Waals surface area contributed by atoms with Crippen molar-refractivity contribution in [1.82, 2.24) is 4.90 Å². The van der Waals surface area contributed by atoms with Crippen molar-refractivity contribution in [2.75, 3.05) is 19.4 Å². The quantitative estimate of drug-likeness (QED) is 0.927. The predicted molar refractivity (Wildman–Crippen MR) is 92.7 cm³/mol. The molecule has 22 heavy (non-hydrogen) atoms. The normalized spacial score (nSPS) is 14.0. The molecule has 1 aliphatic rings. The number of benzene rings is 1. The number of thiophene rings is 1. The lowest BCUT2D eigenvalue weighted by Gasteiger charge is -2.11. The van der Waals surface area contributed by atoms with Gasteiger partial charge in [-0.25, -0.2) is 0 Å². The maximum absolute atomic E-state index is 12.5. The van der Waals surface area contributed by atoms with E-state index in [0.717, 1.165) is 30.0 Å². The van der Waals surface area contributed by atoms with Gasteiger partial charge in [-0.05, 0) is 69.1 Å². The molecule has 0 radical (unpaired) electrons. The van der Waals surface area contributed by atoms with E-state index in [-0.39, 0.29) is 5.91 Å². The largest absolute Gasteiger partial charge is 0.321 e. The van der Waals surface area contributed by atoms with Crippen LogP contribution < -0.4 is 5.32 Å². The first-order chi connectivity index (χ1) is 10.6. The van der Waals surface area contributed by atoms with Gasteiger partial charge in [0.05, 0.1) is 4.88 Å². The van der Waals surface area contributed by atoms with Gasteiger partial charge in [0.2, 0.25) is 0 Å². The Hall–Kier alpha value is -1.65. The van der Waals surface area contributed by atoms with Crippen molar-refractivity contribution >= 4 is 22.9 Å². The van der Waals surface area contributed by atoms with E-state index in [4.69, 9.17) is 0 Å². The maximum Gasteiger partial charge on any atom is 0.265 e. The second-order valence-electron chi connectivity index (χ2n) is 6.16. The average Bonchev–Trinajstić information content (AvgIpc) is 2.91. The van der Waals surface area contributed by atoms with E-state index in [1.165, 1.54) is 28.8 Å². The van der Waals surface area contributed by atoms with Crippen LogP contribution in [-0.2, 0) is 19.4 Å². The van der Waals surface area contributed by atoms with Gasteiger partial charge >= 0.3 is 0 Å². The van der Waals surface area contributed by atoms with Crippen LogP contribution in [0.1, 0.15) is 38.5 Å². The number of aryl methyl sites for hydroxylation is 2. The molecule has 0 spiro atoms. The first-order valence-electron chi connectivity index (χ1n) is 7.78. The Morgan fingerprint density at radius 1 is 1.23 bits per heavy atom. The summed E-state index contributed by atoms with van der Waals surface area (Å²) in [6, 6.07) is 10.2. The summed E-state index contributed by atoms with van der Waals surface area (Å²) in [4.78, 5) is 16.8. The maximum atomic E-state index is 12.5. The average molecular weight is 314 g/mol. The van der Waals surface area contributed by atoms with Gasteiger partial charge in [0.1, 0.15) is 0 Å². The second-order valence-corrected chi connectivity index (χ2v) is 7.30. The third kappa shape index (κ3) is 3.57. The Bertz CT molecular complexity index is 652. The molecule has 116 valence electrons. The molecule has 0 saturated heterocycles. The smallest absolute Gasteiger partial charge is 0.265 e. The molecule has 1 N–H and O–H groups in total. The zero-order valence-corrected chi connectivity index (χ0v) is 14.0. The minimum absolute atomic E-state index is 0.0152. The highest BCUT2D eigenvalue weighted by Crippen LogP contribution is 2.30. The molecule has 0 saturated carbocycles. The third-order valence-electron chi connectivity index (χ3n) is 3.90. The van der Waals surface area contributed by atoms with Crippen LogP contribution in [0.15, 0.2) is 30.3 Å². The van der Waals surface area contributed by atoms with Gasteiger partial charge in [0.15, 0.2) is 0 Å². The van der Waals surface area contributed by atoms with Crippen molar-refractivity contribution in [3.8, 4) is 0 Å². The van der Waals surface area contributed by atoms with Gasteiger partial charge in [0, 0.05) is 17.1 Å². The van der Waals surface area contributed by atoms with Crippen LogP contribution in [-0.4, -0.2) is 24.9 Å². The number of carbonyl (C=O) groups excluding carboxylic acids is 1. The molecule has 3 nitrogen and oxygen atoms in total. The molecule has 4 heteroatoms. The summed E-state index contributed by atoms with van der Waals surface area (Å²) in [5, 5.41) is 3.03. The summed E-state index contributed by atoms with van der Waals surface area (Å²) in [6.07, 6.45) is 4.75. The minimum Gasteiger partial charge on any atom is -0.321 e. The van der Waals surface area contributed by atoms with Crippen LogP contribution in [0.5, 0.6) is 0 Å². The zero-order valence-electron chi connectivity index (χ0n) is 13.2. The van der Waals surface area contributed by atoms with Crippen molar-refractivity contribution in [2.45, 2.75) is 32.2 Å².